The number of amides is 1. The normalized spacial score (nSPS) is 15.3. The third kappa shape index (κ3) is 4.30. The Hall–Kier alpha value is -2.81. The summed E-state index contributed by atoms with van der Waals surface area (Å²) in [6.07, 6.45) is 2.34. The molecule has 0 spiro atoms. The number of nitrogens with one attached hydrogen (secondary N) is 3. The van der Waals surface area contributed by atoms with Gasteiger partial charge in [0.15, 0.2) is 5.84 Å². The third-order valence-electron chi connectivity index (χ3n) is 3.99. The minimum atomic E-state index is -0.522. The summed E-state index contributed by atoms with van der Waals surface area (Å²) in [6.45, 7) is 0.732. The van der Waals surface area contributed by atoms with E-state index in [1.165, 1.54) is 17.0 Å². The SMILES string of the molecule is N=CN1CCCCOc2cc(F)c(Br)cc2C(=O)Nc2cccc(n2)C1=N. The molecule has 3 N–H and O–H groups in total. The van der Waals surface area contributed by atoms with Crippen molar-refractivity contribution in [2.75, 3.05) is 18.5 Å². The van der Waals surface area contributed by atoms with Crippen LogP contribution in [-0.2, 0) is 0 Å². The van der Waals surface area contributed by atoms with Gasteiger partial charge >= 0.3 is 0 Å². The Labute approximate surface area is 163 Å². The number of aromatic nitrogens is 1. The van der Waals surface area contributed by atoms with E-state index in [0.29, 0.717) is 25.1 Å². The number of carbonyl (C=O) groups excluding carboxylic acids is 1. The summed E-state index contributed by atoms with van der Waals surface area (Å²) >= 11 is 3.09. The molecule has 1 aliphatic rings. The molecule has 7 nitrogen and oxygen atoms in total. The monoisotopic (exact) mass is 433 g/mol. The number of pyridine rings is 1. The van der Waals surface area contributed by atoms with Gasteiger partial charge < -0.3 is 15.0 Å². The highest BCUT2D eigenvalue weighted by molar-refractivity contribution is 9.10. The topological polar surface area (TPSA) is 102 Å². The number of hydrogen-bond acceptors (Lipinski definition) is 5. The highest BCUT2D eigenvalue weighted by Crippen LogP contribution is 2.27. The summed E-state index contributed by atoms with van der Waals surface area (Å²) in [5.74, 6) is -0.549. The van der Waals surface area contributed by atoms with Crippen LogP contribution >= 0.6 is 15.9 Å². The fourth-order valence-corrected chi connectivity index (χ4v) is 2.94. The van der Waals surface area contributed by atoms with Crippen LogP contribution in [0.25, 0.3) is 0 Å². The van der Waals surface area contributed by atoms with E-state index in [9.17, 15) is 9.18 Å². The molecule has 3 rings (SSSR count). The number of anilines is 1. The molecule has 27 heavy (non-hydrogen) atoms. The first-order chi connectivity index (χ1) is 13.0. The Morgan fingerprint density at radius 3 is 2.93 bits per heavy atom. The maximum atomic E-state index is 13.9. The fourth-order valence-electron chi connectivity index (χ4n) is 2.60. The largest absolute Gasteiger partial charge is 0.493 e. The van der Waals surface area contributed by atoms with Crippen LogP contribution in [0.3, 0.4) is 0 Å². The van der Waals surface area contributed by atoms with Crippen molar-refractivity contribution in [3.05, 3.63) is 51.9 Å². The number of halogens is 2. The number of rotatable bonds is 1. The standard InChI is InChI=1S/C18H17BrFN5O2/c19-12-8-11-15(9-13(12)20)27-7-2-1-6-25(10-21)17(22)14-4-3-5-16(23-14)24-18(11)26/h3-5,8-10,21-22H,1-2,6-7H2,(H,23,24,26). The average molecular weight is 434 g/mol. The van der Waals surface area contributed by atoms with Gasteiger partial charge in [-0.15, -0.1) is 0 Å². The van der Waals surface area contributed by atoms with Crippen LogP contribution in [0.2, 0.25) is 0 Å². The average Bonchev–Trinajstić information content (AvgIpc) is 2.66. The summed E-state index contributed by atoms with van der Waals surface area (Å²) in [7, 11) is 0. The Morgan fingerprint density at radius 1 is 1.33 bits per heavy atom. The summed E-state index contributed by atoms with van der Waals surface area (Å²) in [6, 6.07) is 7.44. The highest BCUT2D eigenvalue weighted by atomic mass is 79.9. The van der Waals surface area contributed by atoms with Gasteiger partial charge in [0, 0.05) is 12.6 Å². The lowest BCUT2D eigenvalue weighted by molar-refractivity contribution is 0.102. The van der Waals surface area contributed by atoms with Crippen LogP contribution in [0.5, 0.6) is 5.75 Å². The van der Waals surface area contributed by atoms with Crippen molar-refractivity contribution < 1.29 is 13.9 Å². The summed E-state index contributed by atoms with van der Waals surface area (Å²) in [4.78, 5) is 18.4. The van der Waals surface area contributed by atoms with Gasteiger partial charge in [-0.1, -0.05) is 6.07 Å². The smallest absolute Gasteiger partial charge is 0.260 e. The number of amidine groups is 1. The zero-order valence-electron chi connectivity index (χ0n) is 14.3. The zero-order valence-corrected chi connectivity index (χ0v) is 15.8. The van der Waals surface area contributed by atoms with Crippen molar-refractivity contribution >= 4 is 39.8 Å². The number of benzene rings is 1. The summed E-state index contributed by atoms with van der Waals surface area (Å²) in [5.41, 5.74) is 0.522. The molecule has 0 atom stereocenters. The maximum absolute atomic E-state index is 13.9. The molecule has 9 heteroatoms. The van der Waals surface area contributed by atoms with E-state index in [2.05, 4.69) is 26.2 Å². The van der Waals surface area contributed by atoms with Crippen LogP contribution in [0, 0.1) is 16.6 Å². The predicted octanol–water partition coefficient (Wildman–Crippen LogP) is 3.64. The van der Waals surface area contributed by atoms with Gasteiger partial charge in [0.1, 0.15) is 23.1 Å². The van der Waals surface area contributed by atoms with E-state index < -0.39 is 11.7 Å². The second kappa shape index (κ2) is 8.26. The van der Waals surface area contributed by atoms with Crippen molar-refractivity contribution in [3.8, 4) is 5.75 Å². The van der Waals surface area contributed by atoms with Crippen LogP contribution in [-0.4, -0.2) is 41.1 Å². The molecule has 0 saturated carbocycles. The first-order valence-electron chi connectivity index (χ1n) is 8.26. The van der Waals surface area contributed by atoms with E-state index in [4.69, 9.17) is 15.6 Å². The molecular weight excluding hydrogens is 417 g/mol. The molecule has 0 aliphatic carbocycles. The first-order valence-corrected chi connectivity index (χ1v) is 9.05. The quantitative estimate of drug-likeness (QED) is 0.471. The van der Waals surface area contributed by atoms with Gasteiger partial charge in [-0.2, -0.15) is 0 Å². The fraction of sp³-hybridized carbons (Fsp3) is 0.222. The number of ether oxygens (including phenoxy) is 1. The third-order valence-corrected chi connectivity index (χ3v) is 4.60. The van der Waals surface area contributed by atoms with Gasteiger partial charge in [0.05, 0.1) is 23.0 Å². The van der Waals surface area contributed by atoms with Crippen molar-refractivity contribution in [3.63, 3.8) is 0 Å². The first kappa shape index (κ1) is 19.0. The Morgan fingerprint density at radius 2 is 2.15 bits per heavy atom. The molecule has 0 unspecified atom stereocenters. The van der Waals surface area contributed by atoms with Gasteiger partial charge in [-0.3, -0.25) is 15.6 Å². The minimum Gasteiger partial charge on any atom is -0.493 e. The lowest BCUT2D eigenvalue weighted by Crippen LogP contribution is -2.31. The maximum Gasteiger partial charge on any atom is 0.260 e. The van der Waals surface area contributed by atoms with E-state index in [0.717, 1.165) is 6.34 Å². The van der Waals surface area contributed by atoms with Crippen LogP contribution in [0.1, 0.15) is 28.9 Å². The molecule has 1 aromatic carbocycles. The number of nitrogens with zero attached hydrogens (tertiary/aromatic N) is 2. The Balaban J connectivity index is 2.00. The molecule has 0 fully saturated rings. The van der Waals surface area contributed by atoms with E-state index in [1.54, 1.807) is 18.2 Å². The second-order valence-electron chi connectivity index (χ2n) is 5.85. The Kier molecular flexibility index (Phi) is 5.80. The summed E-state index contributed by atoms with van der Waals surface area (Å²) < 4.78 is 19.7. The lowest BCUT2D eigenvalue weighted by Gasteiger charge is -2.20. The molecular formula is C18H17BrFN5O2. The van der Waals surface area contributed by atoms with Crippen LogP contribution in [0.15, 0.2) is 34.8 Å². The van der Waals surface area contributed by atoms with Crippen molar-refractivity contribution in [2.45, 2.75) is 12.8 Å². The number of hydrogen-bond donors (Lipinski definition) is 3. The Bertz CT molecular complexity index is 905. The van der Waals surface area contributed by atoms with Crippen molar-refractivity contribution in [1.82, 2.24) is 9.88 Å². The number of carbonyl (C=O) groups is 1. The molecule has 2 aromatic rings. The molecule has 140 valence electrons. The lowest BCUT2D eigenvalue weighted by atomic mass is 10.1. The minimum absolute atomic E-state index is 0.0734. The van der Waals surface area contributed by atoms with Gasteiger partial charge in [-0.05, 0) is 47.0 Å². The molecule has 1 amide bonds. The highest BCUT2D eigenvalue weighted by Gasteiger charge is 2.19. The van der Waals surface area contributed by atoms with Gasteiger partial charge in [0.2, 0.25) is 0 Å². The molecule has 0 radical (unpaired) electrons. The van der Waals surface area contributed by atoms with Crippen LogP contribution < -0.4 is 10.1 Å². The molecule has 1 aromatic heterocycles. The van der Waals surface area contributed by atoms with E-state index in [1.807, 2.05) is 0 Å². The molecule has 1 aliphatic heterocycles. The van der Waals surface area contributed by atoms with E-state index in [-0.39, 0.29) is 34.0 Å². The van der Waals surface area contributed by atoms with Gasteiger partial charge in [-0.25, -0.2) is 9.37 Å². The van der Waals surface area contributed by atoms with Crippen molar-refractivity contribution in [2.24, 2.45) is 0 Å². The van der Waals surface area contributed by atoms with E-state index >= 15 is 0 Å². The predicted molar refractivity (Wildman–Crippen MR) is 103 cm³/mol. The summed E-state index contributed by atoms with van der Waals surface area (Å²) in [5, 5.41) is 18.4. The second-order valence-corrected chi connectivity index (χ2v) is 6.71. The van der Waals surface area contributed by atoms with Crippen LogP contribution in [0.4, 0.5) is 10.2 Å². The number of fused-ring (bicyclic) bond motifs is 3. The molecule has 0 saturated heterocycles. The van der Waals surface area contributed by atoms with Crippen molar-refractivity contribution in [1.29, 1.82) is 10.8 Å². The van der Waals surface area contributed by atoms with Gasteiger partial charge in [0.25, 0.3) is 5.91 Å². The molecule has 2 heterocycles. The zero-order chi connectivity index (χ0) is 19.4. The molecule has 2 bridgehead atoms.